The number of hydrogen-bond donors (Lipinski definition) is 2. The molecule has 1 saturated heterocycles. The summed E-state index contributed by atoms with van der Waals surface area (Å²) in [6.07, 6.45) is 4.82. The molecule has 1 aromatic carbocycles. The van der Waals surface area contributed by atoms with Crippen molar-refractivity contribution < 1.29 is 17.9 Å². The van der Waals surface area contributed by atoms with E-state index in [1.165, 1.54) is 12.1 Å². The number of carbonyl (C=O) groups excluding carboxylic acids is 1. The summed E-state index contributed by atoms with van der Waals surface area (Å²) in [4.78, 5) is 12.2. The van der Waals surface area contributed by atoms with Crippen molar-refractivity contribution in [3.05, 3.63) is 29.8 Å². The van der Waals surface area contributed by atoms with Crippen molar-refractivity contribution in [2.45, 2.75) is 50.0 Å². The first kappa shape index (κ1) is 18.9. The first-order valence-corrected chi connectivity index (χ1v) is 10.0. The average Bonchev–Trinajstić information content (AvgIpc) is 3.10. The van der Waals surface area contributed by atoms with E-state index < -0.39 is 10.0 Å². The van der Waals surface area contributed by atoms with Gasteiger partial charge in [0.1, 0.15) is 0 Å². The summed E-state index contributed by atoms with van der Waals surface area (Å²) >= 11 is 0. The third-order valence-electron chi connectivity index (χ3n) is 4.00. The zero-order chi connectivity index (χ0) is 17.4. The minimum absolute atomic E-state index is 0.0650. The van der Waals surface area contributed by atoms with Crippen LogP contribution in [0.25, 0.3) is 0 Å². The Morgan fingerprint density at radius 1 is 1.33 bits per heavy atom. The Kier molecular flexibility index (Phi) is 7.20. The van der Waals surface area contributed by atoms with E-state index in [1.54, 1.807) is 12.1 Å². The molecule has 0 bridgehead atoms. The second-order valence-electron chi connectivity index (χ2n) is 5.98. The van der Waals surface area contributed by atoms with Gasteiger partial charge in [0, 0.05) is 25.3 Å². The predicted molar refractivity (Wildman–Crippen MR) is 92.5 cm³/mol. The molecule has 0 radical (unpaired) electrons. The number of benzene rings is 1. The maximum Gasteiger partial charge on any atom is 0.251 e. The fraction of sp³-hybridized carbons (Fsp3) is 0.588. The predicted octanol–water partition coefficient (Wildman–Crippen LogP) is 2.06. The van der Waals surface area contributed by atoms with E-state index in [0.29, 0.717) is 18.7 Å². The fourth-order valence-corrected chi connectivity index (χ4v) is 3.69. The number of ether oxygens (including phenoxy) is 1. The molecule has 1 fully saturated rings. The van der Waals surface area contributed by atoms with Crippen LogP contribution in [0.1, 0.15) is 49.4 Å². The van der Waals surface area contributed by atoms with Crippen LogP contribution in [0, 0.1) is 0 Å². The Labute approximate surface area is 144 Å². The lowest BCUT2D eigenvalue weighted by Gasteiger charge is -2.12. The SMILES string of the molecule is CCCCCNC(=O)c1cccc(S(=O)(=O)NCC2CCCO2)c1. The smallest absolute Gasteiger partial charge is 0.251 e. The Morgan fingerprint density at radius 2 is 2.17 bits per heavy atom. The molecular weight excluding hydrogens is 328 g/mol. The molecule has 0 spiro atoms. The zero-order valence-electron chi connectivity index (χ0n) is 14.1. The summed E-state index contributed by atoms with van der Waals surface area (Å²) < 4.78 is 32.7. The van der Waals surface area contributed by atoms with Crippen molar-refractivity contribution in [2.24, 2.45) is 0 Å². The average molecular weight is 354 g/mol. The molecule has 0 saturated carbocycles. The Balaban J connectivity index is 1.96. The molecule has 1 aliphatic heterocycles. The van der Waals surface area contributed by atoms with Gasteiger partial charge < -0.3 is 10.1 Å². The number of hydrogen-bond acceptors (Lipinski definition) is 4. The highest BCUT2D eigenvalue weighted by Crippen LogP contribution is 2.14. The van der Waals surface area contributed by atoms with Gasteiger partial charge in [-0.3, -0.25) is 4.79 Å². The van der Waals surface area contributed by atoms with Gasteiger partial charge in [-0.05, 0) is 37.5 Å². The normalized spacial score (nSPS) is 17.8. The second-order valence-corrected chi connectivity index (χ2v) is 7.74. The molecule has 7 heteroatoms. The Morgan fingerprint density at radius 3 is 2.88 bits per heavy atom. The lowest BCUT2D eigenvalue weighted by molar-refractivity contribution is 0.0952. The summed E-state index contributed by atoms with van der Waals surface area (Å²) in [6, 6.07) is 6.11. The number of nitrogens with one attached hydrogen (secondary N) is 2. The number of sulfonamides is 1. The van der Waals surface area contributed by atoms with Gasteiger partial charge in [-0.15, -0.1) is 0 Å². The van der Waals surface area contributed by atoms with E-state index in [0.717, 1.165) is 32.1 Å². The van der Waals surface area contributed by atoms with E-state index in [9.17, 15) is 13.2 Å². The summed E-state index contributed by atoms with van der Waals surface area (Å²) in [5, 5.41) is 2.82. The minimum atomic E-state index is -3.64. The highest BCUT2D eigenvalue weighted by molar-refractivity contribution is 7.89. The molecule has 1 unspecified atom stereocenters. The Bertz CT molecular complexity index is 640. The molecule has 24 heavy (non-hydrogen) atoms. The van der Waals surface area contributed by atoms with Crippen LogP contribution in [0.3, 0.4) is 0 Å². The number of rotatable bonds is 9. The Hall–Kier alpha value is -1.44. The highest BCUT2D eigenvalue weighted by atomic mass is 32.2. The van der Waals surface area contributed by atoms with Gasteiger partial charge in [-0.25, -0.2) is 13.1 Å². The number of amides is 1. The van der Waals surface area contributed by atoms with Gasteiger partial charge >= 0.3 is 0 Å². The van der Waals surface area contributed by atoms with Crippen LogP contribution in [0.2, 0.25) is 0 Å². The summed E-state index contributed by atoms with van der Waals surface area (Å²) in [5.74, 6) is -0.248. The lowest BCUT2D eigenvalue weighted by atomic mass is 10.2. The van der Waals surface area contributed by atoms with Crippen molar-refractivity contribution in [2.75, 3.05) is 19.7 Å². The van der Waals surface area contributed by atoms with E-state index in [-0.39, 0.29) is 23.5 Å². The largest absolute Gasteiger partial charge is 0.377 e. The summed E-state index contributed by atoms with van der Waals surface area (Å²) in [5.41, 5.74) is 0.353. The molecule has 1 atom stereocenters. The molecule has 1 aliphatic rings. The molecule has 1 heterocycles. The summed E-state index contributed by atoms with van der Waals surface area (Å²) in [7, 11) is -3.64. The van der Waals surface area contributed by atoms with E-state index in [2.05, 4.69) is 17.0 Å². The van der Waals surface area contributed by atoms with Crippen molar-refractivity contribution in [1.82, 2.24) is 10.0 Å². The topological polar surface area (TPSA) is 84.5 Å². The third kappa shape index (κ3) is 5.58. The zero-order valence-corrected chi connectivity index (χ0v) is 14.9. The van der Waals surface area contributed by atoms with E-state index in [4.69, 9.17) is 4.74 Å². The lowest BCUT2D eigenvalue weighted by Crippen LogP contribution is -2.32. The van der Waals surface area contributed by atoms with Gasteiger partial charge in [-0.2, -0.15) is 0 Å². The molecule has 0 aliphatic carbocycles. The van der Waals surface area contributed by atoms with Crippen LogP contribution < -0.4 is 10.0 Å². The van der Waals surface area contributed by atoms with Gasteiger partial charge in [0.15, 0.2) is 0 Å². The molecule has 1 aromatic rings. The molecule has 0 aromatic heterocycles. The van der Waals surface area contributed by atoms with Crippen molar-refractivity contribution >= 4 is 15.9 Å². The van der Waals surface area contributed by atoms with Crippen LogP contribution in [0.15, 0.2) is 29.2 Å². The molecular formula is C17H26N2O4S. The minimum Gasteiger partial charge on any atom is -0.377 e. The maximum atomic E-state index is 12.4. The van der Waals surface area contributed by atoms with E-state index >= 15 is 0 Å². The van der Waals surface area contributed by atoms with Gasteiger partial charge in [0.05, 0.1) is 11.0 Å². The number of unbranched alkanes of at least 4 members (excludes halogenated alkanes) is 2. The van der Waals surface area contributed by atoms with Crippen LogP contribution in [-0.4, -0.2) is 40.1 Å². The quantitative estimate of drug-likeness (QED) is 0.665. The third-order valence-corrected chi connectivity index (χ3v) is 5.42. The van der Waals surface area contributed by atoms with Crippen molar-refractivity contribution in [3.8, 4) is 0 Å². The first-order chi connectivity index (χ1) is 11.5. The highest BCUT2D eigenvalue weighted by Gasteiger charge is 2.21. The molecule has 6 nitrogen and oxygen atoms in total. The molecule has 2 rings (SSSR count). The second kappa shape index (κ2) is 9.15. The molecule has 2 N–H and O–H groups in total. The fourth-order valence-electron chi connectivity index (χ4n) is 2.57. The monoisotopic (exact) mass is 354 g/mol. The van der Waals surface area contributed by atoms with Gasteiger partial charge in [0.2, 0.25) is 10.0 Å². The van der Waals surface area contributed by atoms with Crippen LogP contribution in [0.5, 0.6) is 0 Å². The van der Waals surface area contributed by atoms with Crippen LogP contribution >= 0.6 is 0 Å². The maximum absolute atomic E-state index is 12.4. The molecule has 134 valence electrons. The standard InChI is InChI=1S/C17H26N2O4S/c1-2-3-4-10-18-17(20)14-7-5-9-16(12-14)24(21,22)19-13-15-8-6-11-23-15/h5,7,9,12,15,19H,2-4,6,8,10-11,13H2,1H3,(H,18,20). The first-order valence-electron chi connectivity index (χ1n) is 8.52. The van der Waals surface area contributed by atoms with Crippen LogP contribution in [-0.2, 0) is 14.8 Å². The van der Waals surface area contributed by atoms with Crippen molar-refractivity contribution in [1.29, 1.82) is 0 Å². The van der Waals surface area contributed by atoms with Crippen molar-refractivity contribution in [3.63, 3.8) is 0 Å². The van der Waals surface area contributed by atoms with E-state index in [1.807, 2.05) is 0 Å². The molecule has 1 amide bonds. The summed E-state index contributed by atoms with van der Waals surface area (Å²) in [6.45, 7) is 3.64. The van der Waals surface area contributed by atoms with Gasteiger partial charge in [-0.1, -0.05) is 25.8 Å². The van der Waals surface area contributed by atoms with Gasteiger partial charge in [0.25, 0.3) is 5.91 Å². The number of carbonyl (C=O) groups is 1. The van der Waals surface area contributed by atoms with Crippen LogP contribution in [0.4, 0.5) is 0 Å².